The Bertz CT molecular complexity index is 675. The van der Waals surface area contributed by atoms with Gasteiger partial charge in [0.15, 0.2) is 20.5 Å². The summed E-state index contributed by atoms with van der Waals surface area (Å²) in [6, 6.07) is 4.96. The summed E-state index contributed by atoms with van der Waals surface area (Å²) in [7, 11) is -2.17. The molecule has 1 unspecified atom stereocenters. The predicted molar refractivity (Wildman–Crippen MR) is 82.9 cm³/mol. The van der Waals surface area contributed by atoms with Gasteiger partial charge in [0.25, 0.3) is 0 Å². The highest BCUT2D eigenvalue weighted by molar-refractivity contribution is 8.05. The lowest BCUT2D eigenvalue weighted by atomic mass is 10.1. The molecule has 21 heavy (non-hydrogen) atoms. The Morgan fingerprint density at radius 1 is 1.48 bits per heavy atom. The summed E-state index contributed by atoms with van der Waals surface area (Å²) in [4.78, 5) is 5.13. The number of benzene rings is 1. The van der Waals surface area contributed by atoms with Crippen molar-refractivity contribution in [2.45, 2.75) is 24.7 Å². The summed E-state index contributed by atoms with van der Waals surface area (Å²) in [6.45, 7) is 1.71. The van der Waals surface area contributed by atoms with Crippen molar-refractivity contribution in [3.63, 3.8) is 0 Å². The number of alkyl halides is 1. The van der Waals surface area contributed by atoms with E-state index in [1.165, 1.54) is 7.11 Å². The fraction of sp³-hybridized carbons (Fsp3) is 0.462. The molecule has 0 bridgehead atoms. The van der Waals surface area contributed by atoms with Crippen LogP contribution >= 0.6 is 23.2 Å². The lowest BCUT2D eigenvalue weighted by Gasteiger charge is -2.16. The zero-order valence-corrected chi connectivity index (χ0v) is 13.9. The molecule has 0 radical (unpaired) electrons. The van der Waals surface area contributed by atoms with E-state index in [2.05, 4.69) is 5.16 Å². The van der Waals surface area contributed by atoms with Gasteiger partial charge in [-0.1, -0.05) is 28.9 Å². The highest BCUT2D eigenvalue weighted by atomic mass is 35.5. The summed E-state index contributed by atoms with van der Waals surface area (Å²) in [5, 5.41) is 4.03. The van der Waals surface area contributed by atoms with E-state index in [0.29, 0.717) is 16.3 Å². The average Bonchev–Trinajstić information content (AvgIpc) is 2.83. The molecule has 5 nitrogen and oxygen atoms in total. The van der Waals surface area contributed by atoms with Gasteiger partial charge in [0, 0.05) is 12.0 Å². The molecule has 1 aliphatic rings. The third-order valence-electron chi connectivity index (χ3n) is 3.13. The molecule has 0 aliphatic carbocycles. The monoisotopic (exact) mass is 351 g/mol. The van der Waals surface area contributed by atoms with Crippen molar-refractivity contribution in [1.29, 1.82) is 0 Å². The molecule has 8 heteroatoms. The second kappa shape index (κ2) is 6.02. The van der Waals surface area contributed by atoms with Gasteiger partial charge in [0.05, 0.1) is 23.8 Å². The van der Waals surface area contributed by atoms with Crippen molar-refractivity contribution in [1.82, 2.24) is 0 Å². The maximum atomic E-state index is 12.4. The van der Waals surface area contributed by atoms with Crippen molar-refractivity contribution < 1.29 is 18.0 Å². The minimum atomic E-state index is -3.62. The molecule has 1 aromatic rings. The highest BCUT2D eigenvalue weighted by Crippen LogP contribution is 2.32. The number of rotatable bonds is 4. The van der Waals surface area contributed by atoms with Gasteiger partial charge in [-0.3, -0.25) is 0 Å². The molecule has 0 spiro atoms. The van der Waals surface area contributed by atoms with Crippen LogP contribution in [-0.4, -0.2) is 32.1 Å². The Morgan fingerprint density at radius 3 is 2.76 bits per heavy atom. The van der Waals surface area contributed by atoms with E-state index in [-0.39, 0.29) is 23.1 Å². The van der Waals surface area contributed by atoms with Crippen LogP contribution in [-0.2, 0) is 20.4 Å². The zero-order valence-electron chi connectivity index (χ0n) is 11.6. The SMILES string of the molecule is COc1c(Cl)cccc1CS(=O)(=O)C1=NOC(C)(CCl)C1. The molecule has 0 N–H and O–H groups in total. The number of ether oxygens (including phenoxy) is 1. The normalized spacial score (nSPS) is 21.8. The first-order valence-electron chi connectivity index (χ1n) is 6.16. The smallest absolute Gasteiger partial charge is 0.199 e. The predicted octanol–water partition coefficient (Wildman–Crippen LogP) is 2.99. The molecule has 1 aromatic carbocycles. The number of hydrogen-bond donors (Lipinski definition) is 0. The summed E-state index contributed by atoms with van der Waals surface area (Å²) in [5.41, 5.74) is -0.297. The molecule has 0 aromatic heterocycles. The lowest BCUT2D eigenvalue weighted by molar-refractivity contribution is 0.0152. The van der Waals surface area contributed by atoms with Crippen molar-refractivity contribution in [3.8, 4) is 5.75 Å². The van der Waals surface area contributed by atoms with Gasteiger partial charge >= 0.3 is 0 Å². The Morgan fingerprint density at radius 2 is 2.19 bits per heavy atom. The fourth-order valence-electron chi connectivity index (χ4n) is 1.97. The molecule has 0 saturated heterocycles. The number of oxime groups is 1. The van der Waals surface area contributed by atoms with Gasteiger partial charge in [-0.05, 0) is 13.0 Å². The van der Waals surface area contributed by atoms with E-state index in [4.69, 9.17) is 32.8 Å². The Hall–Kier alpha value is -0.980. The second-order valence-corrected chi connectivity index (χ2v) is 7.69. The average molecular weight is 352 g/mol. The van der Waals surface area contributed by atoms with Crippen LogP contribution in [0.1, 0.15) is 18.9 Å². The molecule has 116 valence electrons. The first-order chi connectivity index (χ1) is 9.81. The minimum absolute atomic E-state index is 0.00678. The second-order valence-electron chi connectivity index (χ2n) is 5.03. The zero-order chi connectivity index (χ0) is 15.7. The van der Waals surface area contributed by atoms with Crippen LogP contribution in [0, 0.1) is 0 Å². The van der Waals surface area contributed by atoms with Crippen LogP contribution in [0.5, 0.6) is 5.75 Å². The fourth-order valence-corrected chi connectivity index (χ4v) is 3.86. The van der Waals surface area contributed by atoms with Crippen molar-refractivity contribution in [3.05, 3.63) is 28.8 Å². The summed E-state index contributed by atoms with van der Waals surface area (Å²) in [5.74, 6) is 0.259. The summed E-state index contributed by atoms with van der Waals surface area (Å²) >= 11 is 11.8. The molecule has 1 heterocycles. The van der Waals surface area contributed by atoms with Crippen LogP contribution in [0.3, 0.4) is 0 Å². The van der Waals surface area contributed by atoms with Crippen molar-refractivity contribution in [2.24, 2.45) is 5.16 Å². The standard InChI is InChI=1S/C13H15Cl2NO4S/c1-13(8-14)6-11(16-20-13)21(17,18)7-9-4-3-5-10(15)12(9)19-2/h3-5H,6-8H2,1-2H3. The van der Waals surface area contributed by atoms with Crippen LogP contribution in [0.15, 0.2) is 23.4 Å². The maximum absolute atomic E-state index is 12.4. The molecular weight excluding hydrogens is 337 g/mol. The van der Waals surface area contributed by atoms with E-state index >= 15 is 0 Å². The molecule has 0 amide bonds. The van der Waals surface area contributed by atoms with Crippen molar-refractivity contribution >= 4 is 38.1 Å². The van der Waals surface area contributed by atoms with Crippen LogP contribution < -0.4 is 4.74 Å². The topological polar surface area (TPSA) is 65.0 Å². The molecule has 0 fully saturated rings. The number of sulfone groups is 1. The molecule has 2 rings (SSSR count). The number of methoxy groups -OCH3 is 1. The van der Waals surface area contributed by atoms with E-state index in [1.54, 1.807) is 25.1 Å². The van der Waals surface area contributed by atoms with E-state index in [1.807, 2.05) is 0 Å². The van der Waals surface area contributed by atoms with Crippen LogP contribution in [0.2, 0.25) is 5.02 Å². The van der Waals surface area contributed by atoms with Gasteiger partial charge in [-0.25, -0.2) is 8.42 Å². The van der Waals surface area contributed by atoms with Gasteiger partial charge in [0.2, 0.25) is 0 Å². The van der Waals surface area contributed by atoms with Crippen molar-refractivity contribution in [2.75, 3.05) is 13.0 Å². The first kappa shape index (κ1) is 16.4. The lowest BCUT2D eigenvalue weighted by Crippen LogP contribution is -2.28. The number of hydrogen-bond acceptors (Lipinski definition) is 5. The molecule has 1 atom stereocenters. The number of para-hydroxylation sites is 1. The Labute approximate surface area is 133 Å². The van der Waals surface area contributed by atoms with E-state index in [0.717, 1.165) is 0 Å². The van der Waals surface area contributed by atoms with Crippen LogP contribution in [0.4, 0.5) is 0 Å². The Balaban J connectivity index is 2.26. The first-order valence-corrected chi connectivity index (χ1v) is 8.73. The van der Waals surface area contributed by atoms with Gasteiger partial charge in [-0.2, -0.15) is 0 Å². The minimum Gasteiger partial charge on any atom is -0.495 e. The van der Waals surface area contributed by atoms with Gasteiger partial charge in [0.1, 0.15) is 5.75 Å². The van der Waals surface area contributed by atoms with Gasteiger partial charge < -0.3 is 9.57 Å². The third kappa shape index (κ3) is 3.44. The largest absolute Gasteiger partial charge is 0.495 e. The molecule has 0 saturated carbocycles. The third-order valence-corrected chi connectivity index (χ3v) is 5.62. The summed E-state index contributed by atoms with van der Waals surface area (Å²) < 4.78 is 30.0. The molecular formula is C13H15Cl2NO4S. The maximum Gasteiger partial charge on any atom is 0.199 e. The Kier molecular flexibility index (Phi) is 4.70. The number of nitrogens with zero attached hydrogens (tertiary/aromatic N) is 1. The molecule has 1 aliphatic heterocycles. The summed E-state index contributed by atoms with van der Waals surface area (Å²) in [6.07, 6.45) is 0.154. The van der Waals surface area contributed by atoms with Crippen LogP contribution in [0.25, 0.3) is 0 Å². The van der Waals surface area contributed by atoms with Gasteiger partial charge in [-0.15, -0.1) is 11.6 Å². The van der Waals surface area contributed by atoms with E-state index < -0.39 is 15.4 Å². The highest BCUT2D eigenvalue weighted by Gasteiger charge is 2.39. The number of halogens is 2. The quantitative estimate of drug-likeness (QED) is 0.782. The van der Waals surface area contributed by atoms with E-state index in [9.17, 15) is 8.42 Å².